The Hall–Kier alpha value is -1.56. The fourth-order valence-electron chi connectivity index (χ4n) is 2.46. The van der Waals surface area contributed by atoms with Crippen molar-refractivity contribution in [1.82, 2.24) is 5.32 Å². The van der Waals surface area contributed by atoms with Gasteiger partial charge >= 0.3 is 6.09 Å². The Morgan fingerprint density at radius 1 is 1.26 bits per heavy atom. The average molecular weight is 341 g/mol. The first kappa shape index (κ1) is 17.8. The first-order valence-electron chi connectivity index (χ1n) is 7.50. The van der Waals surface area contributed by atoms with Crippen molar-refractivity contribution < 1.29 is 18.3 Å². The SMILES string of the molecule is CC(C)(C)OC(=O)N[C@H]1CC(Sc2ccccc2)CC1=C(F)F. The molecule has 1 aromatic rings. The molecule has 0 spiro atoms. The molecular formula is C17H21F2NO2S. The van der Waals surface area contributed by atoms with Crippen LogP contribution in [0.25, 0.3) is 0 Å². The van der Waals surface area contributed by atoms with E-state index in [1.54, 1.807) is 32.5 Å². The molecule has 2 atom stereocenters. The van der Waals surface area contributed by atoms with Crippen LogP contribution in [-0.2, 0) is 4.74 Å². The highest BCUT2D eigenvalue weighted by Gasteiger charge is 2.35. The fourth-order valence-corrected chi connectivity index (χ4v) is 3.71. The molecule has 126 valence electrons. The van der Waals surface area contributed by atoms with E-state index in [-0.39, 0.29) is 17.2 Å². The summed E-state index contributed by atoms with van der Waals surface area (Å²) in [7, 11) is 0. The monoisotopic (exact) mass is 341 g/mol. The zero-order valence-corrected chi connectivity index (χ0v) is 14.3. The Morgan fingerprint density at radius 3 is 2.48 bits per heavy atom. The lowest BCUT2D eigenvalue weighted by atomic mass is 10.2. The number of amides is 1. The van der Waals surface area contributed by atoms with Crippen LogP contribution in [0.3, 0.4) is 0 Å². The van der Waals surface area contributed by atoms with Crippen LogP contribution in [0.1, 0.15) is 33.6 Å². The molecule has 0 bridgehead atoms. The highest BCUT2D eigenvalue weighted by Crippen LogP contribution is 2.39. The maximum atomic E-state index is 13.2. The summed E-state index contributed by atoms with van der Waals surface area (Å²) in [5.41, 5.74) is -0.650. The average Bonchev–Trinajstić information content (AvgIpc) is 2.80. The van der Waals surface area contributed by atoms with Gasteiger partial charge in [0.05, 0.1) is 6.04 Å². The number of hydrogen-bond acceptors (Lipinski definition) is 3. The third-order valence-electron chi connectivity index (χ3n) is 3.35. The molecule has 23 heavy (non-hydrogen) atoms. The van der Waals surface area contributed by atoms with Gasteiger partial charge < -0.3 is 10.1 Å². The van der Waals surface area contributed by atoms with Gasteiger partial charge in [0.2, 0.25) is 0 Å². The highest BCUT2D eigenvalue weighted by molar-refractivity contribution is 8.00. The zero-order valence-electron chi connectivity index (χ0n) is 13.4. The van der Waals surface area contributed by atoms with Crippen molar-refractivity contribution in [1.29, 1.82) is 0 Å². The van der Waals surface area contributed by atoms with Gasteiger partial charge in [0.25, 0.3) is 6.08 Å². The summed E-state index contributed by atoms with van der Waals surface area (Å²) in [5, 5.41) is 2.58. The van der Waals surface area contributed by atoms with Crippen LogP contribution >= 0.6 is 11.8 Å². The molecule has 6 heteroatoms. The van der Waals surface area contributed by atoms with Crippen LogP contribution in [0.2, 0.25) is 0 Å². The highest BCUT2D eigenvalue weighted by atomic mass is 32.2. The Balaban J connectivity index is 2.01. The third-order valence-corrected chi connectivity index (χ3v) is 4.58. The molecule has 0 radical (unpaired) electrons. The van der Waals surface area contributed by atoms with E-state index in [9.17, 15) is 13.6 Å². The molecule has 0 heterocycles. The summed E-state index contributed by atoms with van der Waals surface area (Å²) in [6, 6.07) is 8.98. The largest absolute Gasteiger partial charge is 0.444 e. The second-order valence-electron chi connectivity index (χ2n) is 6.48. The van der Waals surface area contributed by atoms with Crippen molar-refractivity contribution >= 4 is 17.9 Å². The van der Waals surface area contributed by atoms with Crippen molar-refractivity contribution in [2.45, 2.75) is 55.4 Å². The van der Waals surface area contributed by atoms with Gasteiger partial charge in [0.15, 0.2) is 0 Å². The molecule has 3 nitrogen and oxygen atoms in total. The van der Waals surface area contributed by atoms with E-state index in [1.165, 1.54) is 0 Å². The Labute approximate surface area is 139 Å². The fraction of sp³-hybridized carbons (Fsp3) is 0.471. The van der Waals surface area contributed by atoms with Crippen molar-refractivity contribution in [2.75, 3.05) is 0 Å². The number of hydrogen-bond donors (Lipinski definition) is 1. The molecular weight excluding hydrogens is 320 g/mol. The molecule has 1 unspecified atom stereocenters. The van der Waals surface area contributed by atoms with Gasteiger partial charge in [-0.05, 0) is 45.7 Å². The summed E-state index contributed by atoms with van der Waals surface area (Å²) in [6.45, 7) is 5.21. The zero-order chi connectivity index (χ0) is 17.0. The second kappa shape index (κ2) is 7.34. The Morgan fingerprint density at radius 2 is 1.91 bits per heavy atom. The first-order valence-corrected chi connectivity index (χ1v) is 8.38. The molecule has 1 amide bonds. The van der Waals surface area contributed by atoms with E-state index >= 15 is 0 Å². The standard InChI is InChI=1S/C17H21F2NO2S/c1-17(2,3)22-16(21)20-14-10-12(9-13(14)15(18)19)23-11-7-5-4-6-8-11/h4-8,12,14H,9-10H2,1-3H3,(H,20,21)/t12?,14-/m0/s1. The summed E-state index contributed by atoms with van der Waals surface area (Å²) in [6.07, 6.45) is -1.64. The van der Waals surface area contributed by atoms with Crippen LogP contribution in [0, 0.1) is 0 Å². The van der Waals surface area contributed by atoms with Crippen molar-refractivity contribution in [3.8, 4) is 0 Å². The van der Waals surface area contributed by atoms with Crippen LogP contribution < -0.4 is 5.32 Å². The van der Waals surface area contributed by atoms with Crippen molar-refractivity contribution in [2.24, 2.45) is 0 Å². The first-order chi connectivity index (χ1) is 10.7. The maximum Gasteiger partial charge on any atom is 0.408 e. The molecule has 1 saturated carbocycles. The minimum absolute atomic E-state index is 0.00397. The number of rotatable bonds is 3. The van der Waals surface area contributed by atoms with Gasteiger partial charge in [-0.3, -0.25) is 0 Å². The van der Waals surface area contributed by atoms with Gasteiger partial charge in [0.1, 0.15) is 5.60 Å². The molecule has 0 saturated heterocycles. The lowest BCUT2D eigenvalue weighted by Crippen LogP contribution is -2.38. The molecule has 1 aliphatic carbocycles. The Bertz CT molecular complexity index is 580. The van der Waals surface area contributed by atoms with Gasteiger partial charge in [-0.15, -0.1) is 11.8 Å². The number of halogens is 2. The number of ether oxygens (including phenoxy) is 1. The van der Waals surface area contributed by atoms with Crippen molar-refractivity contribution in [3.63, 3.8) is 0 Å². The molecule has 1 fully saturated rings. The lowest BCUT2D eigenvalue weighted by Gasteiger charge is -2.22. The third kappa shape index (κ3) is 5.53. The van der Waals surface area contributed by atoms with Gasteiger partial charge in [-0.1, -0.05) is 18.2 Å². The second-order valence-corrected chi connectivity index (χ2v) is 7.85. The minimum atomic E-state index is -1.71. The number of carbonyl (C=O) groups is 1. The molecule has 0 aromatic heterocycles. The van der Waals surface area contributed by atoms with Crippen LogP contribution in [0.15, 0.2) is 46.9 Å². The molecule has 1 aliphatic rings. The van der Waals surface area contributed by atoms with Crippen LogP contribution in [0.5, 0.6) is 0 Å². The summed E-state index contributed by atoms with van der Waals surface area (Å²) < 4.78 is 31.5. The molecule has 0 aliphatic heterocycles. The number of thioether (sulfide) groups is 1. The van der Waals surface area contributed by atoms with E-state index in [4.69, 9.17) is 4.74 Å². The van der Waals surface area contributed by atoms with E-state index in [0.29, 0.717) is 6.42 Å². The lowest BCUT2D eigenvalue weighted by molar-refractivity contribution is 0.0512. The molecule has 1 N–H and O–H groups in total. The number of nitrogens with one attached hydrogen (secondary N) is 1. The normalized spacial score (nSPS) is 21.2. The van der Waals surface area contributed by atoms with Crippen LogP contribution in [-0.4, -0.2) is 23.0 Å². The summed E-state index contributed by atoms with van der Waals surface area (Å²) in [4.78, 5) is 12.9. The minimum Gasteiger partial charge on any atom is -0.444 e. The summed E-state index contributed by atoms with van der Waals surface area (Å²) >= 11 is 1.56. The summed E-state index contributed by atoms with van der Waals surface area (Å²) in [5.74, 6) is 0. The number of alkyl carbamates (subject to hydrolysis) is 1. The van der Waals surface area contributed by atoms with E-state index in [0.717, 1.165) is 4.90 Å². The van der Waals surface area contributed by atoms with E-state index < -0.39 is 23.8 Å². The quantitative estimate of drug-likeness (QED) is 0.842. The van der Waals surface area contributed by atoms with E-state index in [1.807, 2.05) is 30.3 Å². The smallest absolute Gasteiger partial charge is 0.408 e. The molecule has 2 rings (SSSR count). The van der Waals surface area contributed by atoms with E-state index in [2.05, 4.69) is 5.32 Å². The number of benzene rings is 1. The van der Waals surface area contributed by atoms with Gasteiger partial charge in [-0.2, -0.15) is 8.78 Å². The predicted molar refractivity (Wildman–Crippen MR) is 87.7 cm³/mol. The topological polar surface area (TPSA) is 38.3 Å². The molecule has 1 aromatic carbocycles. The van der Waals surface area contributed by atoms with Crippen LogP contribution in [0.4, 0.5) is 13.6 Å². The van der Waals surface area contributed by atoms with Crippen molar-refractivity contribution in [3.05, 3.63) is 42.0 Å². The maximum absolute atomic E-state index is 13.2. The van der Waals surface area contributed by atoms with Gasteiger partial charge in [0, 0.05) is 15.7 Å². The van der Waals surface area contributed by atoms with Gasteiger partial charge in [-0.25, -0.2) is 4.79 Å². The predicted octanol–water partition coefficient (Wildman–Crippen LogP) is 4.99. The Kier molecular flexibility index (Phi) is 5.68. The number of carbonyl (C=O) groups excluding carboxylic acids is 1.